The van der Waals surface area contributed by atoms with Crippen molar-refractivity contribution in [1.29, 1.82) is 0 Å². The monoisotopic (exact) mass is 380 g/mol. The lowest BCUT2D eigenvalue weighted by Crippen LogP contribution is -3.00. The van der Waals surface area contributed by atoms with E-state index in [-0.39, 0.29) is 28.0 Å². The Bertz CT molecular complexity index is 673. The number of fused-ring (bicyclic) bond motifs is 1. The number of hydrogen-bond acceptors (Lipinski definition) is 4. The minimum absolute atomic E-state index is 0. The van der Waals surface area contributed by atoms with Gasteiger partial charge in [-0.05, 0) is 17.8 Å². The number of aliphatic imine (C=N–C) groups is 1. The molecule has 0 aromatic heterocycles. The molecule has 2 heterocycles. The minimum atomic E-state index is -3.14. The molecule has 2 aliphatic heterocycles. The van der Waals surface area contributed by atoms with E-state index in [2.05, 4.69) is 4.99 Å². The standard InChI is InChI=1S/C11H9ClN2O2S2.BrH/c12-7-5-18(15,16)6-10(7)17-11-13-8-3-1-2-4-9(8)14-11;/h1-5,10H,6H2,(H,13,14);1H. The Morgan fingerprint density at radius 1 is 1.37 bits per heavy atom. The molecule has 0 bridgehead atoms. The first-order valence-corrected chi connectivity index (χ1v) is 8.30. The quantitative estimate of drug-likeness (QED) is 0.602. The van der Waals surface area contributed by atoms with Crippen LogP contribution in [-0.2, 0) is 9.84 Å². The molecule has 8 heteroatoms. The smallest absolute Gasteiger partial charge is 0.266 e. The molecule has 3 rings (SSSR count). The van der Waals surface area contributed by atoms with Crippen molar-refractivity contribution in [3.05, 3.63) is 34.7 Å². The molecule has 0 amide bonds. The molecule has 1 unspecified atom stereocenters. The number of thioether (sulfide) groups is 1. The van der Waals surface area contributed by atoms with Crippen LogP contribution in [0.4, 0.5) is 11.4 Å². The van der Waals surface area contributed by atoms with Crippen LogP contribution in [0.1, 0.15) is 0 Å². The van der Waals surface area contributed by atoms with Gasteiger partial charge in [0.05, 0.1) is 11.0 Å². The summed E-state index contributed by atoms with van der Waals surface area (Å²) in [4.78, 5) is 4.44. The summed E-state index contributed by atoms with van der Waals surface area (Å²) in [5.74, 6) is 0.0553. The van der Waals surface area contributed by atoms with Crippen molar-refractivity contribution in [2.75, 3.05) is 5.75 Å². The Labute approximate surface area is 131 Å². The lowest BCUT2D eigenvalue weighted by molar-refractivity contribution is -0.432. The summed E-state index contributed by atoms with van der Waals surface area (Å²) in [6.07, 6.45) is 0. The first-order chi connectivity index (χ1) is 8.53. The number of para-hydroxylation sites is 2. The zero-order valence-corrected chi connectivity index (χ0v) is 13.6. The molecule has 0 saturated carbocycles. The highest BCUT2D eigenvalue weighted by atomic mass is 79.9. The van der Waals surface area contributed by atoms with Crippen LogP contribution in [0, 0.1) is 0 Å². The number of halogens is 2. The van der Waals surface area contributed by atoms with E-state index in [0.29, 0.717) is 5.03 Å². The Hall–Kier alpha value is -0.340. The van der Waals surface area contributed by atoms with Gasteiger partial charge >= 0.3 is 0 Å². The lowest BCUT2D eigenvalue weighted by Gasteiger charge is -2.05. The van der Waals surface area contributed by atoms with E-state index in [0.717, 1.165) is 22.0 Å². The maximum atomic E-state index is 11.4. The summed E-state index contributed by atoms with van der Waals surface area (Å²) >= 11 is 7.34. The predicted molar refractivity (Wildman–Crippen MR) is 74.2 cm³/mol. The van der Waals surface area contributed by atoms with E-state index < -0.39 is 9.84 Å². The molecule has 19 heavy (non-hydrogen) atoms. The van der Waals surface area contributed by atoms with Gasteiger partial charge in [0.2, 0.25) is 0 Å². The predicted octanol–water partition coefficient (Wildman–Crippen LogP) is -1.50. The second kappa shape index (κ2) is 5.57. The molecule has 2 aliphatic rings. The van der Waals surface area contributed by atoms with E-state index in [9.17, 15) is 8.42 Å². The maximum absolute atomic E-state index is 11.4. The third kappa shape index (κ3) is 3.22. The number of amidine groups is 1. The molecular formula is C11H10BrClN2O2S2. The fourth-order valence-electron chi connectivity index (χ4n) is 1.88. The van der Waals surface area contributed by atoms with Crippen LogP contribution < -0.4 is 22.3 Å². The number of benzene rings is 1. The molecule has 4 nitrogen and oxygen atoms in total. The van der Waals surface area contributed by atoms with Crippen LogP contribution in [0.3, 0.4) is 0 Å². The molecule has 1 aromatic carbocycles. The first kappa shape index (κ1) is 15.1. The van der Waals surface area contributed by atoms with Gasteiger partial charge in [-0.25, -0.2) is 8.42 Å². The number of nitrogens with two attached hydrogens (primary N) is 1. The van der Waals surface area contributed by atoms with Crippen molar-refractivity contribution in [2.24, 2.45) is 4.99 Å². The maximum Gasteiger partial charge on any atom is 0.266 e. The topological polar surface area (TPSA) is 63.1 Å². The van der Waals surface area contributed by atoms with Crippen molar-refractivity contribution in [2.45, 2.75) is 5.25 Å². The molecule has 0 spiro atoms. The summed E-state index contributed by atoms with van der Waals surface area (Å²) < 4.78 is 22.8. The number of sulfone groups is 1. The number of quaternary nitrogens is 1. The van der Waals surface area contributed by atoms with Crippen molar-refractivity contribution in [1.82, 2.24) is 0 Å². The van der Waals surface area contributed by atoms with E-state index >= 15 is 0 Å². The molecule has 0 fully saturated rings. The van der Waals surface area contributed by atoms with Crippen molar-refractivity contribution in [3.63, 3.8) is 0 Å². The fourth-order valence-corrected chi connectivity index (χ4v) is 5.54. The van der Waals surface area contributed by atoms with Crippen LogP contribution in [0.15, 0.2) is 39.7 Å². The average Bonchev–Trinajstić information content (AvgIpc) is 2.79. The number of nitrogens with zero attached hydrogens (tertiary/aromatic N) is 1. The SMILES string of the molecule is O=S1(=O)C=C(Cl)C(SC2=Nc3ccccc3[NH2+]2)C1.[Br-]. The van der Waals surface area contributed by atoms with Gasteiger partial charge in [0.1, 0.15) is 5.69 Å². The van der Waals surface area contributed by atoms with Gasteiger partial charge in [0, 0.05) is 16.5 Å². The van der Waals surface area contributed by atoms with E-state index in [4.69, 9.17) is 11.6 Å². The highest BCUT2D eigenvalue weighted by Crippen LogP contribution is 2.33. The number of rotatable bonds is 1. The second-order valence-corrected chi connectivity index (χ2v) is 7.65. The van der Waals surface area contributed by atoms with Gasteiger partial charge in [-0.3, -0.25) is 5.32 Å². The fraction of sp³-hybridized carbons (Fsp3) is 0.182. The van der Waals surface area contributed by atoms with Crippen LogP contribution >= 0.6 is 23.4 Å². The summed E-state index contributed by atoms with van der Waals surface area (Å²) in [5.41, 5.74) is 1.97. The molecule has 0 saturated heterocycles. The summed E-state index contributed by atoms with van der Waals surface area (Å²) in [7, 11) is -3.14. The van der Waals surface area contributed by atoms with Crippen LogP contribution in [0.5, 0.6) is 0 Å². The zero-order chi connectivity index (χ0) is 12.8. The van der Waals surface area contributed by atoms with Gasteiger partial charge < -0.3 is 17.0 Å². The van der Waals surface area contributed by atoms with E-state index in [1.807, 2.05) is 29.6 Å². The summed E-state index contributed by atoms with van der Waals surface area (Å²) in [6.45, 7) is 0. The third-order valence-electron chi connectivity index (χ3n) is 2.69. The van der Waals surface area contributed by atoms with Crippen LogP contribution in [-0.4, -0.2) is 24.6 Å². The number of hydrogen-bond donors (Lipinski definition) is 1. The lowest BCUT2D eigenvalue weighted by atomic mass is 10.3. The molecule has 1 aromatic rings. The van der Waals surface area contributed by atoms with E-state index in [1.54, 1.807) is 0 Å². The first-order valence-electron chi connectivity index (χ1n) is 5.32. The summed E-state index contributed by atoms with van der Waals surface area (Å²) in [6, 6.07) is 7.79. The minimum Gasteiger partial charge on any atom is -1.00 e. The molecular weight excluding hydrogens is 372 g/mol. The van der Waals surface area contributed by atoms with Gasteiger partial charge in [0.15, 0.2) is 15.5 Å². The van der Waals surface area contributed by atoms with Gasteiger partial charge in [-0.15, -0.1) is 0 Å². The molecule has 102 valence electrons. The Kier molecular flexibility index (Phi) is 4.42. The highest BCUT2D eigenvalue weighted by molar-refractivity contribution is 8.15. The normalized spacial score (nSPS) is 23.3. The molecule has 0 aliphatic carbocycles. The van der Waals surface area contributed by atoms with Gasteiger partial charge in [0.25, 0.3) is 5.17 Å². The molecule has 2 N–H and O–H groups in total. The third-order valence-corrected chi connectivity index (χ3v) is 6.10. The molecule has 0 radical (unpaired) electrons. The van der Waals surface area contributed by atoms with Gasteiger partial charge in [-0.1, -0.05) is 23.7 Å². The zero-order valence-electron chi connectivity index (χ0n) is 9.58. The second-order valence-electron chi connectivity index (χ2n) is 4.09. The van der Waals surface area contributed by atoms with Crippen molar-refractivity contribution >= 4 is 49.7 Å². The summed E-state index contributed by atoms with van der Waals surface area (Å²) in [5, 5.41) is 4.06. The van der Waals surface area contributed by atoms with Crippen molar-refractivity contribution < 1.29 is 30.7 Å². The largest absolute Gasteiger partial charge is 1.00 e. The Balaban J connectivity index is 0.00000133. The van der Waals surface area contributed by atoms with Crippen LogP contribution in [0.2, 0.25) is 0 Å². The van der Waals surface area contributed by atoms with Crippen LogP contribution in [0.25, 0.3) is 0 Å². The van der Waals surface area contributed by atoms with E-state index in [1.165, 1.54) is 11.8 Å². The highest BCUT2D eigenvalue weighted by Gasteiger charge is 2.33. The Morgan fingerprint density at radius 3 is 2.74 bits per heavy atom. The average molecular weight is 382 g/mol. The van der Waals surface area contributed by atoms with Gasteiger partial charge in [-0.2, -0.15) is 4.99 Å². The Morgan fingerprint density at radius 2 is 2.11 bits per heavy atom. The van der Waals surface area contributed by atoms with Crippen molar-refractivity contribution in [3.8, 4) is 0 Å². The molecule has 1 atom stereocenters.